The van der Waals surface area contributed by atoms with Gasteiger partial charge in [0.25, 0.3) is 11.8 Å². The third-order valence-corrected chi connectivity index (χ3v) is 5.09. The Bertz CT molecular complexity index is 1150. The van der Waals surface area contributed by atoms with Gasteiger partial charge in [-0.1, -0.05) is 24.3 Å². The number of benzene rings is 2. The predicted octanol–water partition coefficient (Wildman–Crippen LogP) is 3.82. The van der Waals surface area contributed by atoms with E-state index < -0.39 is 5.91 Å². The number of fused-ring (bicyclic) bond motifs is 2. The zero-order valence-electron chi connectivity index (χ0n) is 13.4. The van der Waals surface area contributed by atoms with Crippen molar-refractivity contribution >= 4 is 49.8 Å². The summed E-state index contributed by atoms with van der Waals surface area (Å²) >= 11 is 1.21. The van der Waals surface area contributed by atoms with E-state index in [1.165, 1.54) is 11.3 Å². The monoisotopic (exact) mass is 363 g/mol. The van der Waals surface area contributed by atoms with Crippen molar-refractivity contribution in [3.63, 3.8) is 0 Å². The fraction of sp³-hybridized carbons (Fsp3) is 0. The minimum atomic E-state index is -0.570. The first-order valence-corrected chi connectivity index (χ1v) is 8.60. The van der Waals surface area contributed by atoms with Crippen molar-refractivity contribution in [2.24, 2.45) is 0 Å². The highest BCUT2D eigenvalue weighted by Gasteiger charge is 2.13. The highest BCUT2D eigenvalue weighted by molar-refractivity contribution is 7.20. The maximum atomic E-state index is 12.6. The molecule has 128 valence electrons. The van der Waals surface area contributed by atoms with Crippen LogP contribution < -0.4 is 10.8 Å². The molecule has 3 N–H and O–H groups in total. The standard InChI is InChI=1S/C19H13N3O3S/c23-18(21-14-5-1-3-11-4-2-8-20-17(11)14)13-7-6-12-9-16(19(24)22-25)26-15(12)10-13/h1-10,25H,(H,21,23)(H,22,24). The summed E-state index contributed by atoms with van der Waals surface area (Å²) < 4.78 is 0.785. The number of rotatable bonds is 3. The smallest absolute Gasteiger partial charge is 0.284 e. The number of para-hydroxylation sites is 1. The number of anilines is 1. The van der Waals surface area contributed by atoms with Crippen molar-refractivity contribution < 1.29 is 14.8 Å². The van der Waals surface area contributed by atoms with E-state index in [1.807, 2.05) is 24.3 Å². The third kappa shape index (κ3) is 2.90. The van der Waals surface area contributed by atoms with E-state index in [-0.39, 0.29) is 5.91 Å². The number of hydrogen-bond acceptors (Lipinski definition) is 5. The Kier molecular flexibility index (Phi) is 4.08. The number of carbonyl (C=O) groups is 2. The van der Waals surface area contributed by atoms with Crippen molar-refractivity contribution in [3.8, 4) is 0 Å². The number of hydrogen-bond donors (Lipinski definition) is 3. The second-order valence-corrected chi connectivity index (χ2v) is 6.72. The van der Waals surface area contributed by atoms with Crippen LogP contribution in [0.5, 0.6) is 0 Å². The van der Waals surface area contributed by atoms with Crippen LogP contribution in [0.2, 0.25) is 0 Å². The van der Waals surface area contributed by atoms with Gasteiger partial charge in [0.15, 0.2) is 0 Å². The maximum absolute atomic E-state index is 12.6. The Morgan fingerprint density at radius 1 is 0.962 bits per heavy atom. The number of nitrogens with zero attached hydrogens (tertiary/aromatic N) is 1. The molecule has 26 heavy (non-hydrogen) atoms. The van der Waals surface area contributed by atoms with Crippen molar-refractivity contribution in [2.75, 3.05) is 5.32 Å². The Morgan fingerprint density at radius 2 is 1.81 bits per heavy atom. The minimum absolute atomic E-state index is 0.258. The highest BCUT2D eigenvalue weighted by atomic mass is 32.1. The second kappa shape index (κ2) is 6.55. The number of aromatic nitrogens is 1. The van der Waals surface area contributed by atoms with Gasteiger partial charge in [0.05, 0.1) is 16.1 Å². The fourth-order valence-corrected chi connectivity index (χ4v) is 3.73. The Hall–Kier alpha value is -3.29. The Balaban J connectivity index is 1.66. The van der Waals surface area contributed by atoms with E-state index in [2.05, 4.69) is 10.3 Å². The number of pyridine rings is 1. The SMILES string of the molecule is O=C(Nc1cccc2cccnc12)c1ccc2cc(C(=O)NO)sc2c1. The molecule has 4 aromatic rings. The molecule has 0 saturated heterocycles. The molecule has 0 aliphatic rings. The molecular weight excluding hydrogens is 350 g/mol. The Labute approximate surface area is 152 Å². The van der Waals surface area contributed by atoms with Gasteiger partial charge in [0, 0.05) is 21.8 Å². The first-order chi connectivity index (χ1) is 12.7. The topological polar surface area (TPSA) is 91.3 Å². The molecule has 2 amide bonds. The molecule has 2 aromatic heterocycles. The van der Waals surface area contributed by atoms with Crippen LogP contribution in [0.1, 0.15) is 20.0 Å². The summed E-state index contributed by atoms with van der Waals surface area (Å²) in [6.45, 7) is 0. The third-order valence-electron chi connectivity index (χ3n) is 3.99. The molecule has 0 unspecified atom stereocenters. The van der Waals surface area contributed by atoms with E-state index in [9.17, 15) is 9.59 Å². The second-order valence-electron chi connectivity index (χ2n) is 5.64. The predicted molar refractivity (Wildman–Crippen MR) is 101 cm³/mol. The molecule has 0 saturated carbocycles. The van der Waals surface area contributed by atoms with Gasteiger partial charge < -0.3 is 5.32 Å². The summed E-state index contributed by atoms with van der Waals surface area (Å²) in [6.07, 6.45) is 1.68. The maximum Gasteiger partial charge on any atom is 0.284 e. The zero-order valence-corrected chi connectivity index (χ0v) is 14.2. The zero-order chi connectivity index (χ0) is 18.1. The molecule has 0 radical (unpaired) electrons. The largest absolute Gasteiger partial charge is 0.320 e. The minimum Gasteiger partial charge on any atom is -0.320 e. The summed E-state index contributed by atoms with van der Waals surface area (Å²) in [5.74, 6) is -0.828. The van der Waals surface area contributed by atoms with Crippen LogP contribution in [0, 0.1) is 0 Å². The van der Waals surface area contributed by atoms with E-state index in [4.69, 9.17) is 5.21 Å². The molecule has 0 aliphatic heterocycles. The molecule has 0 aliphatic carbocycles. The molecule has 0 spiro atoms. The molecule has 0 atom stereocenters. The fourth-order valence-electron chi connectivity index (χ4n) is 2.74. The molecule has 6 nitrogen and oxygen atoms in total. The van der Waals surface area contributed by atoms with Gasteiger partial charge in [-0.05, 0) is 35.7 Å². The number of nitrogens with one attached hydrogen (secondary N) is 2. The summed E-state index contributed by atoms with van der Waals surface area (Å²) in [5.41, 5.74) is 3.45. The lowest BCUT2D eigenvalue weighted by Gasteiger charge is -2.08. The lowest BCUT2D eigenvalue weighted by atomic mass is 10.1. The quantitative estimate of drug-likeness (QED) is 0.381. The van der Waals surface area contributed by atoms with Gasteiger partial charge in [-0.15, -0.1) is 11.3 Å². The number of amides is 2. The van der Waals surface area contributed by atoms with E-state index >= 15 is 0 Å². The molecule has 7 heteroatoms. The number of hydroxylamine groups is 1. The van der Waals surface area contributed by atoms with Crippen LogP contribution in [0.4, 0.5) is 5.69 Å². The van der Waals surface area contributed by atoms with Gasteiger partial charge >= 0.3 is 0 Å². The Morgan fingerprint density at radius 3 is 2.65 bits per heavy atom. The van der Waals surface area contributed by atoms with Gasteiger partial charge in [-0.2, -0.15) is 0 Å². The lowest BCUT2D eigenvalue weighted by molar-refractivity contribution is 0.0711. The van der Waals surface area contributed by atoms with E-state index in [1.54, 1.807) is 42.0 Å². The number of thiophene rings is 1. The molecule has 0 bridgehead atoms. The summed E-state index contributed by atoms with van der Waals surface area (Å²) in [5, 5.41) is 13.4. The average Bonchev–Trinajstić information content (AvgIpc) is 3.11. The van der Waals surface area contributed by atoms with Gasteiger partial charge in [-0.25, -0.2) is 5.48 Å². The van der Waals surface area contributed by atoms with Crippen molar-refractivity contribution in [3.05, 3.63) is 71.2 Å². The van der Waals surface area contributed by atoms with Crippen LogP contribution >= 0.6 is 11.3 Å². The molecule has 2 heterocycles. The summed E-state index contributed by atoms with van der Waals surface area (Å²) in [4.78, 5) is 28.9. The van der Waals surface area contributed by atoms with Crippen molar-refractivity contribution in [1.82, 2.24) is 10.5 Å². The van der Waals surface area contributed by atoms with Crippen molar-refractivity contribution in [2.45, 2.75) is 0 Å². The first-order valence-electron chi connectivity index (χ1n) is 7.79. The van der Waals surface area contributed by atoms with Crippen LogP contribution in [0.3, 0.4) is 0 Å². The lowest BCUT2D eigenvalue weighted by Crippen LogP contribution is -2.16. The van der Waals surface area contributed by atoms with Crippen molar-refractivity contribution in [1.29, 1.82) is 0 Å². The van der Waals surface area contributed by atoms with Crippen LogP contribution in [0.25, 0.3) is 21.0 Å². The summed E-state index contributed by atoms with van der Waals surface area (Å²) in [7, 11) is 0. The number of carbonyl (C=O) groups excluding carboxylic acids is 2. The van der Waals surface area contributed by atoms with E-state index in [0.29, 0.717) is 16.1 Å². The average molecular weight is 363 g/mol. The van der Waals surface area contributed by atoms with Crippen LogP contribution in [-0.2, 0) is 0 Å². The highest BCUT2D eigenvalue weighted by Crippen LogP contribution is 2.27. The molecule has 2 aromatic carbocycles. The van der Waals surface area contributed by atoms with Gasteiger partial charge in [-0.3, -0.25) is 19.8 Å². The summed E-state index contributed by atoms with van der Waals surface area (Å²) in [6, 6.07) is 16.2. The van der Waals surface area contributed by atoms with Gasteiger partial charge in [0.2, 0.25) is 0 Å². The van der Waals surface area contributed by atoms with Crippen LogP contribution in [0.15, 0.2) is 60.8 Å². The normalized spacial score (nSPS) is 10.8. The molecular formula is C19H13N3O3S. The van der Waals surface area contributed by atoms with Crippen LogP contribution in [-0.4, -0.2) is 22.0 Å². The molecule has 0 fully saturated rings. The van der Waals surface area contributed by atoms with E-state index in [0.717, 1.165) is 21.0 Å². The molecule has 4 rings (SSSR count). The van der Waals surface area contributed by atoms with Gasteiger partial charge in [0.1, 0.15) is 0 Å². The first kappa shape index (κ1) is 16.2.